The van der Waals surface area contributed by atoms with E-state index >= 15 is 0 Å². The van der Waals surface area contributed by atoms with Crippen LogP contribution in [0, 0.1) is 5.82 Å². The van der Waals surface area contributed by atoms with E-state index in [0.717, 1.165) is 16.6 Å². The normalized spacial score (nSPS) is 12.6. The highest BCUT2D eigenvalue weighted by atomic mass is 79.9. The molecule has 2 rings (SSSR count). The molecule has 0 aliphatic heterocycles. The molecule has 0 aromatic heterocycles. The first-order chi connectivity index (χ1) is 11.3. The molecule has 0 spiro atoms. The number of rotatable bonds is 6. The van der Waals surface area contributed by atoms with Gasteiger partial charge in [-0.1, -0.05) is 40.2 Å². The van der Waals surface area contributed by atoms with Gasteiger partial charge in [-0.25, -0.2) is 17.5 Å². The quantitative estimate of drug-likeness (QED) is 0.735. The molecule has 128 valence electrons. The van der Waals surface area contributed by atoms with Crippen LogP contribution in [-0.2, 0) is 19.6 Å². The lowest BCUT2D eigenvalue weighted by molar-refractivity contribution is -0.141. The Morgan fingerprint density at radius 1 is 1.21 bits per heavy atom. The van der Waals surface area contributed by atoms with Gasteiger partial charge in [0.2, 0.25) is 10.0 Å². The number of carbonyl (C=O) groups is 1. The number of ether oxygens (including phenoxy) is 1. The third kappa shape index (κ3) is 4.62. The molecule has 0 heterocycles. The first kappa shape index (κ1) is 18.6. The Morgan fingerprint density at radius 3 is 2.42 bits per heavy atom. The van der Waals surface area contributed by atoms with Crippen LogP contribution in [0.15, 0.2) is 57.9 Å². The second kappa shape index (κ2) is 7.87. The summed E-state index contributed by atoms with van der Waals surface area (Å²) in [5.41, 5.74) is 0.559. The summed E-state index contributed by atoms with van der Waals surface area (Å²) >= 11 is 3.29. The van der Waals surface area contributed by atoms with Gasteiger partial charge in [0.05, 0.1) is 19.6 Å². The van der Waals surface area contributed by atoms with Gasteiger partial charge in [0.15, 0.2) is 0 Å². The molecule has 1 unspecified atom stereocenters. The number of sulfonamides is 1. The van der Waals surface area contributed by atoms with Gasteiger partial charge < -0.3 is 4.74 Å². The molecule has 0 saturated carbocycles. The lowest BCUT2D eigenvalue weighted by Crippen LogP contribution is -2.31. The molecule has 0 amide bonds. The summed E-state index contributed by atoms with van der Waals surface area (Å²) in [6, 6.07) is 10.9. The zero-order chi connectivity index (χ0) is 17.7. The van der Waals surface area contributed by atoms with Crippen molar-refractivity contribution in [2.24, 2.45) is 0 Å². The van der Waals surface area contributed by atoms with Crippen molar-refractivity contribution >= 4 is 31.9 Å². The van der Waals surface area contributed by atoms with Crippen LogP contribution in [0.4, 0.5) is 4.39 Å². The fourth-order valence-corrected chi connectivity index (χ4v) is 3.65. The van der Waals surface area contributed by atoms with E-state index in [0.29, 0.717) is 5.56 Å². The van der Waals surface area contributed by atoms with E-state index in [9.17, 15) is 17.6 Å². The Balaban J connectivity index is 2.35. The van der Waals surface area contributed by atoms with Crippen molar-refractivity contribution in [2.75, 3.05) is 7.11 Å². The molecule has 1 atom stereocenters. The molecule has 0 bridgehead atoms. The highest BCUT2D eigenvalue weighted by Crippen LogP contribution is 2.23. The minimum absolute atomic E-state index is 0.216. The number of nitrogens with one attached hydrogen (secondary N) is 1. The maximum Gasteiger partial charge on any atom is 0.307 e. The zero-order valence-corrected chi connectivity index (χ0v) is 15.1. The molecule has 24 heavy (non-hydrogen) atoms. The maximum absolute atomic E-state index is 13.8. The predicted octanol–water partition coefficient (Wildman–Crippen LogP) is 3.17. The van der Waals surface area contributed by atoms with Crippen LogP contribution in [0.2, 0.25) is 0 Å². The van der Waals surface area contributed by atoms with Gasteiger partial charge in [0.1, 0.15) is 10.7 Å². The molecule has 0 aliphatic carbocycles. The highest BCUT2D eigenvalue weighted by molar-refractivity contribution is 9.10. The van der Waals surface area contributed by atoms with E-state index in [-0.39, 0.29) is 6.42 Å². The summed E-state index contributed by atoms with van der Waals surface area (Å²) in [5, 5.41) is 0. The van der Waals surface area contributed by atoms with Gasteiger partial charge in [-0.05, 0) is 29.8 Å². The van der Waals surface area contributed by atoms with Crippen LogP contribution in [0.1, 0.15) is 18.0 Å². The Morgan fingerprint density at radius 2 is 1.83 bits per heavy atom. The molecule has 0 radical (unpaired) electrons. The average Bonchev–Trinajstić information content (AvgIpc) is 2.54. The van der Waals surface area contributed by atoms with E-state index in [2.05, 4.69) is 25.4 Å². The summed E-state index contributed by atoms with van der Waals surface area (Å²) < 4.78 is 46.5. The maximum atomic E-state index is 13.8. The van der Waals surface area contributed by atoms with Gasteiger partial charge in [-0.15, -0.1) is 0 Å². The summed E-state index contributed by atoms with van der Waals surface area (Å²) in [5.74, 6) is -1.45. The summed E-state index contributed by atoms with van der Waals surface area (Å²) in [4.78, 5) is 11.1. The van der Waals surface area contributed by atoms with Crippen molar-refractivity contribution in [3.8, 4) is 0 Å². The zero-order valence-electron chi connectivity index (χ0n) is 12.7. The molecule has 1 N–H and O–H groups in total. The number of carbonyl (C=O) groups excluding carboxylic acids is 1. The van der Waals surface area contributed by atoms with Crippen LogP contribution < -0.4 is 4.72 Å². The molecule has 0 saturated heterocycles. The number of esters is 1. The van der Waals surface area contributed by atoms with Crippen LogP contribution in [0.5, 0.6) is 0 Å². The van der Waals surface area contributed by atoms with E-state index in [1.54, 1.807) is 24.3 Å². The molecule has 0 aliphatic rings. The summed E-state index contributed by atoms with van der Waals surface area (Å²) in [6.45, 7) is 0. The minimum atomic E-state index is -4.15. The van der Waals surface area contributed by atoms with Crippen molar-refractivity contribution < 1.29 is 22.3 Å². The molecule has 8 heteroatoms. The SMILES string of the molecule is COC(=O)CC(NS(=O)(=O)c1ccccc1F)c1ccc(Br)cc1. The Kier molecular flexibility index (Phi) is 6.09. The lowest BCUT2D eigenvalue weighted by atomic mass is 10.1. The summed E-state index contributed by atoms with van der Waals surface area (Å²) in [7, 11) is -2.93. The lowest BCUT2D eigenvalue weighted by Gasteiger charge is -2.18. The van der Waals surface area contributed by atoms with Crippen LogP contribution in [0.25, 0.3) is 0 Å². The third-order valence-electron chi connectivity index (χ3n) is 3.29. The van der Waals surface area contributed by atoms with E-state index in [1.165, 1.54) is 19.2 Å². The first-order valence-electron chi connectivity index (χ1n) is 6.92. The second-order valence-electron chi connectivity index (χ2n) is 4.94. The molecular formula is C16H15BrFNO4S. The third-order valence-corrected chi connectivity index (χ3v) is 5.33. The van der Waals surface area contributed by atoms with Crippen molar-refractivity contribution in [1.82, 2.24) is 4.72 Å². The van der Waals surface area contributed by atoms with Crippen molar-refractivity contribution in [2.45, 2.75) is 17.4 Å². The number of halogens is 2. The molecule has 2 aromatic rings. The summed E-state index contributed by atoms with van der Waals surface area (Å²) in [6.07, 6.45) is -0.216. The number of benzene rings is 2. The largest absolute Gasteiger partial charge is 0.469 e. The van der Waals surface area contributed by atoms with E-state index in [1.807, 2.05) is 0 Å². The molecular weight excluding hydrogens is 401 g/mol. The van der Waals surface area contributed by atoms with Gasteiger partial charge in [0.25, 0.3) is 0 Å². The molecule has 2 aromatic carbocycles. The van der Waals surface area contributed by atoms with E-state index in [4.69, 9.17) is 0 Å². The van der Waals surface area contributed by atoms with Crippen molar-refractivity contribution in [3.63, 3.8) is 0 Å². The van der Waals surface area contributed by atoms with Gasteiger partial charge in [0, 0.05) is 4.47 Å². The predicted molar refractivity (Wildman–Crippen MR) is 90.2 cm³/mol. The smallest absolute Gasteiger partial charge is 0.307 e. The fourth-order valence-electron chi connectivity index (χ4n) is 2.09. The van der Waals surface area contributed by atoms with Crippen LogP contribution >= 0.6 is 15.9 Å². The molecule has 0 fully saturated rings. The van der Waals surface area contributed by atoms with Crippen molar-refractivity contribution in [3.05, 3.63) is 64.4 Å². The van der Waals surface area contributed by atoms with Crippen LogP contribution in [-0.4, -0.2) is 21.5 Å². The number of methoxy groups -OCH3 is 1. The standard InChI is InChI=1S/C16H15BrFNO4S/c1-23-16(20)10-14(11-6-8-12(17)9-7-11)19-24(21,22)15-5-3-2-4-13(15)18/h2-9,14,19H,10H2,1H3. The Hall–Kier alpha value is -1.77. The fraction of sp³-hybridized carbons (Fsp3) is 0.188. The second-order valence-corrected chi connectivity index (χ2v) is 7.53. The van der Waals surface area contributed by atoms with Gasteiger partial charge >= 0.3 is 5.97 Å². The minimum Gasteiger partial charge on any atom is -0.469 e. The van der Waals surface area contributed by atoms with Gasteiger partial charge in [-0.3, -0.25) is 4.79 Å². The topological polar surface area (TPSA) is 72.5 Å². The molecule has 5 nitrogen and oxygen atoms in total. The number of hydrogen-bond donors (Lipinski definition) is 1. The first-order valence-corrected chi connectivity index (χ1v) is 9.20. The monoisotopic (exact) mass is 415 g/mol. The average molecular weight is 416 g/mol. The van der Waals surface area contributed by atoms with Crippen molar-refractivity contribution in [1.29, 1.82) is 0 Å². The number of hydrogen-bond acceptors (Lipinski definition) is 4. The van der Waals surface area contributed by atoms with Gasteiger partial charge in [-0.2, -0.15) is 0 Å². The van der Waals surface area contributed by atoms with Crippen LogP contribution in [0.3, 0.4) is 0 Å². The Labute approximate surface area is 148 Å². The Bertz CT molecular complexity index is 824. The van der Waals surface area contributed by atoms with E-state index < -0.39 is 32.7 Å². The highest BCUT2D eigenvalue weighted by Gasteiger charge is 2.26.